The largest absolute Gasteiger partial charge is 0.480 e. The van der Waals surface area contributed by atoms with Crippen molar-refractivity contribution in [2.75, 3.05) is 11.5 Å². The second kappa shape index (κ2) is 5.61. The normalized spacial score (nSPS) is 16.5. The Morgan fingerprint density at radius 3 is 2.73 bits per heavy atom. The molecule has 1 saturated carbocycles. The van der Waals surface area contributed by atoms with Gasteiger partial charge in [0.25, 0.3) is 0 Å². The van der Waals surface area contributed by atoms with E-state index in [1.165, 1.54) is 11.8 Å². The van der Waals surface area contributed by atoms with Crippen LogP contribution < -0.4 is 5.32 Å². The van der Waals surface area contributed by atoms with E-state index >= 15 is 0 Å². The monoisotopic (exact) mass is 228 g/mol. The van der Waals surface area contributed by atoms with E-state index in [9.17, 15) is 9.59 Å². The highest BCUT2D eigenvalue weighted by atomic mass is 32.2. The Hall–Kier alpha value is -1.22. The molecule has 0 saturated heterocycles. The van der Waals surface area contributed by atoms with Crippen molar-refractivity contribution in [1.82, 2.24) is 5.32 Å². The number of aliphatic carboxylic acids is 1. The number of carbonyl (C=O) groups is 2. The summed E-state index contributed by atoms with van der Waals surface area (Å²) >= 11 is 1.18. The molecule has 1 unspecified atom stereocenters. The Morgan fingerprint density at radius 2 is 2.27 bits per heavy atom. The lowest BCUT2D eigenvalue weighted by Gasteiger charge is -2.12. The van der Waals surface area contributed by atoms with Gasteiger partial charge in [-0.25, -0.2) is 4.79 Å². The van der Waals surface area contributed by atoms with Gasteiger partial charge in [-0.1, -0.05) is 0 Å². The lowest BCUT2D eigenvalue weighted by atomic mass is 10.2. The third kappa shape index (κ3) is 4.21. The van der Waals surface area contributed by atoms with Crippen molar-refractivity contribution in [3.05, 3.63) is 0 Å². The maximum atomic E-state index is 11.3. The van der Waals surface area contributed by atoms with Gasteiger partial charge >= 0.3 is 5.97 Å². The first-order valence-corrected chi connectivity index (χ1v) is 5.77. The van der Waals surface area contributed by atoms with Crippen molar-refractivity contribution in [2.24, 2.45) is 5.92 Å². The highest BCUT2D eigenvalue weighted by Crippen LogP contribution is 2.32. The minimum Gasteiger partial charge on any atom is -0.480 e. The average Bonchev–Trinajstić information content (AvgIpc) is 2.97. The van der Waals surface area contributed by atoms with Crippen LogP contribution in [0.1, 0.15) is 12.8 Å². The lowest BCUT2D eigenvalue weighted by molar-refractivity contribution is -0.142. The number of nitriles is 1. The highest BCUT2D eigenvalue weighted by molar-refractivity contribution is 8.00. The predicted molar refractivity (Wildman–Crippen MR) is 55.2 cm³/mol. The van der Waals surface area contributed by atoms with E-state index < -0.39 is 12.0 Å². The standard InChI is InChI=1S/C9H12N2O3S/c10-3-4-15-5-7(12)11-8(9(13)14)6-1-2-6/h6,8H,1-2,4-5H2,(H,11,12)(H,13,14). The van der Waals surface area contributed by atoms with Gasteiger partial charge in [0.2, 0.25) is 5.91 Å². The van der Waals surface area contributed by atoms with E-state index in [1.807, 2.05) is 6.07 Å². The molecule has 6 heteroatoms. The summed E-state index contributed by atoms with van der Waals surface area (Å²) in [5.41, 5.74) is 0. The van der Waals surface area contributed by atoms with Crippen LogP contribution in [0.4, 0.5) is 0 Å². The number of hydrogen-bond acceptors (Lipinski definition) is 4. The van der Waals surface area contributed by atoms with Gasteiger partial charge in [0.05, 0.1) is 17.6 Å². The molecular weight excluding hydrogens is 216 g/mol. The zero-order chi connectivity index (χ0) is 11.3. The van der Waals surface area contributed by atoms with Gasteiger partial charge in [-0.05, 0) is 18.8 Å². The van der Waals surface area contributed by atoms with Crippen molar-refractivity contribution >= 4 is 23.6 Å². The fourth-order valence-corrected chi connectivity index (χ4v) is 1.68. The Kier molecular flexibility index (Phi) is 4.43. The molecule has 0 bridgehead atoms. The van der Waals surface area contributed by atoms with Crippen LogP contribution in [0.2, 0.25) is 0 Å². The van der Waals surface area contributed by atoms with Crippen molar-refractivity contribution in [1.29, 1.82) is 5.26 Å². The Bertz CT molecular complexity index is 296. The van der Waals surface area contributed by atoms with E-state index in [1.54, 1.807) is 0 Å². The van der Waals surface area contributed by atoms with Crippen molar-refractivity contribution in [3.8, 4) is 6.07 Å². The van der Waals surface area contributed by atoms with Crippen LogP contribution in [0, 0.1) is 17.2 Å². The summed E-state index contributed by atoms with van der Waals surface area (Å²) in [6.45, 7) is 0. The Morgan fingerprint density at radius 1 is 1.60 bits per heavy atom. The summed E-state index contributed by atoms with van der Waals surface area (Å²) in [5, 5.41) is 19.5. The molecule has 0 aromatic heterocycles. The molecule has 5 nitrogen and oxygen atoms in total. The fourth-order valence-electron chi connectivity index (χ4n) is 1.22. The maximum absolute atomic E-state index is 11.3. The summed E-state index contributed by atoms with van der Waals surface area (Å²) in [7, 11) is 0. The van der Waals surface area contributed by atoms with Crippen molar-refractivity contribution < 1.29 is 14.7 Å². The zero-order valence-electron chi connectivity index (χ0n) is 8.10. The molecule has 1 aliphatic carbocycles. The van der Waals surface area contributed by atoms with Gasteiger partial charge in [-0.2, -0.15) is 5.26 Å². The van der Waals surface area contributed by atoms with E-state index in [4.69, 9.17) is 10.4 Å². The van der Waals surface area contributed by atoms with Gasteiger partial charge in [0, 0.05) is 0 Å². The number of hydrogen-bond donors (Lipinski definition) is 2. The first-order chi connectivity index (χ1) is 7.15. The first kappa shape index (κ1) is 11.9. The van der Waals surface area contributed by atoms with E-state index in [2.05, 4.69) is 5.32 Å². The minimum absolute atomic E-state index is 0.0902. The second-order valence-electron chi connectivity index (χ2n) is 3.37. The summed E-state index contributed by atoms with van der Waals surface area (Å²) in [6.07, 6.45) is 1.73. The summed E-state index contributed by atoms with van der Waals surface area (Å²) < 4.78 is 0. The molecule has 1 fully saturated rings. The number of carboxylic acid groups (broad SMARTS) is 1. The molecule has 1 aliphatic rings. The molecule has 15 heavy (non-hydrogen) atoms. The van der Waals surface area contributed by atoms with Crippen LogP contribution in [0.25, 0.3) is 0 Å². The molecule has 2 N–H and O–H groups in total. The van der Waals surface area contributed by atoms with Crippen LogP contribution in [0.5, 0.6) is 0 Å². The third-order valence-corrected chi connectivity index (χ3v) is 2.88. The molecular formula is C9H12N2O3S. The van der Waals surface area contributed by atoms with E-state index in [0.29, 0.717) is 0 Å². The van der Waals surface area contributed by atoms with Gasteiger partial charge in [-0.3, -0.25) is 4.79 Å². The summed E-state index contributed by atoms with van der Waals surface area (Å²) in [5.74, 6) is -0.809. The van der Waals surface area contributed by atoms with Gasteiger partial charge in [0.1, 0.15) is 6.04 Å². The minimum atomic E-state index is -0.976. The van der Waals surface area contributed by atoms with Crippen LogP contribution in [-0.4, -0.2) is 34.5 Å². The number of carbonyl (C=O) groups excluding carboxylic acids is 1. The van der Waals surface area contributed by atoms with Crippen LogP contribution in [-0.2, 0) is 9.59 Å². The molecule has 0 aromatic rings. The number of nitrogens with one attached hydrogen (secondary N) is 1. The second-order valence-corrected chi connectivity index (χ2v) is 4.36. The molecule has 1 atom stereocenters. The van der Waals surface area contributed by atoms with Crippen LogP contribution >= 0.6 is 11.8 Å². The van der Waals surface area contributed by atoms with Gasteiger partial charge in [0.15, 0.2) is 0 Å². The first-order valence-electron chi connectivity index (χ1n) is 4.62. The van der Waals surface area contributed by atoms with E-state index in [0.717, 1.165) is 12.8 Å². The quantitative estimate of drug-likeness (QED) is 0.635. The molecule has 82 valence electrons. The average molecular weight is 228 g/mol. The number of carboxylic acids is 1. The zero-order valence-corrected chi connectivity index (χ0v) is 8.92. The molecule has 0 heterocycles. The number of amides is 1. The molecule has 1 rings (SSSR count). The number of nitrogens with zero attached hydrogens (tertiary/aromatic N) is 1. The van der Waals surface area contributed by atoms with Crippen LogP contribution in [0.3, 0.4) is 0 Å². The van der Waals surface area contributed by atoms with Gasteiger partial charge < -0.3 is 10.4 Å². The Balaban J connectivity index is 2.28. The molecule has 0 spiro atoms. The SMILES string of the molecule is N#CCSCC(=O)NC(C(=O)O)C1CC1. The Labute approximate surface area is 91.8 Å². The summed E-state index contributed by atoms with van der Waals surface area (Å²) in [6, 6.07) is 1.15. The molecule has 0 aliphatic heterocycles. The van der Waals surface area contributed by atoms with Crippen LogP contribution in [0.15, 0.2) is 0 Å². The predicted octanol–water partition coefficient (Wildman–Crippen LogP) is 0.223. The van der Waals surface area contributed by atoms with E-state index in [-0.39, 0.29) is 23.3 Å². The topological polar surface area (TPSA) is 90.2 Å². The van der Waals surface area contributed by atoms with Gasteiger partial charge in [-0.15, -0.1) is 11.8 Å². The smallest absolute Gasteiger partial charge is 0.326 e. The lowest BCUT2D eigenvalue weighted by Crippen LogP contribution is -2.43. The number of thioether (sulfide) groups is 1. The highest BCUT2D eigenvalue weighted by Gasteiger charge is 2.37. The molecule has 0 aromatic carbocycles. The maximum Gasteiger partial charge on any atom is 0.326 e. The molecule has 0 radical (unpaired) electrons. The van der Waals surface area contributed by atoms with Crippen molar-refractivity contribution in [3.63, 3.8) is 0 Å². The number of rotatable bonds is 6. The third-order valence-electron chi connectivity index (χ3n) is 2.08. The summed E-state index contributed by atoms with van der Waals surface area (Å²) in [4.78, 5) is 22.0. The molecule has 1 amide bonds. The fraction of sp³-hybridized carbons (Fsp3) is 0.667. The van der Waals surface area contributed by atoms with Crippen molar-refractivity contribution in [2.45, 2.75) is 18.9 Å².